The van der Waals surface area contributed by atoms with Crippen LogP contribution in [0.2, 0.25) is 0 Å². The maximum absolute atomic E-state index is 5.40. The van der Waals surface area contributed by atoms with Gasteiger partial charge in [-0.2, -0.15) is 9.97 Å². The third kappa shape index (κ3) is 13.1. The second-order valence-corrected chi connectivity index (χ2v) is 34.4. The van der Waals surface area contributed by atoms with Gasteiger partial charge in [0.25, 0.3) is 0 Å². The van der Waals surface area contributed by atoms with Gasteiger partial charge in [0.1, 0.15) is 5.82 Å². The molecule has 6 heterocycles. The zero-order chi connectivity index (χ0) is 89.0. The summed E-state index contributed by atoms with van der Waals surface area (Å²) in [4.78, 5) is 35.6. The van der Waals surface area contributed by atoms with Crippen molar-refractivity contribution in [1.29, 1.82) is 0 Å². The van der Waals surface area contributed by atoms with E-state index in [4.69, 9.17) is 34.9 Å². The molecule has 6 aromatic heterocycles. The molecular formula is C125H78N10. The summed E-state index contributed by atoms with van der Waals surface area (Å²) in [6.45, 7) is 0. The molecule has 0 atom stereocenters. The number of fused-ring (bicyclic) bond motifs is 30. The molecule has 0 saturated heterocycles. The predicted octanol–water partition coefficient (Wildman–Crippen LogP) is 32.2. The molecule has 0 fully saturated rings. The molecule has 135 heavy (non-hydrogen) atoms. The van der Waals surface area contributed by atoms with Crippen LogP contribution in [0.25, 0.3) is 259 Å². The summed E-state index contributed by atoms with van der Waals surface area (Å²) in [6, 6.07) is 167. The fourth-order valence-corrected chi connectivity index (χ4v) is 20.8. The first kappa shape index (κ1) is 77.8. The van der Waals surface area contributed by atoms with Crippen LogP contribution in [0.4, 0.5) is 0 Å². The van der Waals surface area contributed by atoms with Crippen molar-refractivity contribution in [3.05, 3.63) is 473 Å². The van der Waals surface area contributed by atoms with Crippen molar-refractivity contribution in [2.45, 2.75) is 0 Å². The number of rotatable bonds is 10. The first-order chi connectivity index (χ1) is 67.0. The number of hydrogen-bond acceptors (Lipinski definition) is 7. The van der Waals surface area contributed by atoms with Crippen LogP contribution in [0.5, 0.6) is 0 Å². The van der Waals surface area contributed by atoms with Crippen LogP contribution in [0.1, 0.15) is 0 Å². The highest BCUT2D eigenvalue weighted by Crippen LogP contribution is 2.50. The van der Waals surface area contributed by atoms with Crippen LogP contribution in [0.15, 0.2) is 473 Å². The van der Waals surface area contributed by atoms with Gasteiger partial charge in [-0.3, -0.25) is 9.13 Å². The minimum absolute atomic E-state index is 0.600. The highest BCUT2D eigenvalue weighted by atomic mass is 15.2. The molecule has 0 aliphatic rings. The van der Waals surface area contributed by atoms with Crippen molar-refractivity contribution in [2.24, 2.45) is 0 Å². The van der Waals surface area contributed by atoms with Crippen molar-refractivity contribution >= 4 is 162 Å². The Morgan fingerprint density at radius 1 is 0.148 bits per heavy atom. The fraction of sp³-hybridized carbons (Fsp3) is 0. The van der Waals surface area contributed by atoms with E-state index in [0.717, 1.165) is 72.7 Å². The van der Waals surface area contributed by atoms with Gasteiger partial charge in [-0.05, 0) is 147 Å². The number of hydrogen-bond donors (Lipinski definition) is 0. The van der Waals surface area contributed by atoms with Gasteiger partial charge in [0.2, 0.25) is 5.95 Å². The van der Waals surface area contributed by atoms with E-state index in [0.29, 0.717) is 35.1 Å². The van der Waals surface area contributed by atoms with Crippen LogP contribution in [-0.4, -0.2) is 48.6 Å². The number of aromatic nitrogens is 10. The SMILES string of the molecule is c1ccc(-c2cc(-c3ccccc3)nc(-n3c4ccc5ccccc5c4c4c5ccccc5c5ccccc5c43)c2)cc1.c1ccc(-c2nc(-c3ccccc3)nc(-c3ccc(-n4c5ccc6ccccc6c5c5c6ccccc6c6ccccc6c54)cc3)n2)cc1.c1ccc(-c2nc(-c3ccccc3)nc(-n3c4ccc5ccccc5c4c4c5ccccc5c5ccccc5c43)n2)cc1. The molecule has 10 nitrogen and oxygen atoms in total. The molecule has 28 aromatic rings. The Bertz CT molecular complexity index is 9070. The highest BCUT2D eigenvalue weighted by molar-refractivity contribution is 6.39. The van der Waals surface area contributed by atoms with E-state index in [2.05, 4.69) is 390 Å². The Kier molecular flexibility index (Phi) is 18.7. The van der Waals surface area contributed by atoms with Crippen molar-refractivity contribution in [3.63, 3.8) is 0 Å². The fourth-order valence-electron chi connectivity index (χ4n) is 20.8. The van der Waals surface area contributed by atoms with E-state index in [1.54, 1.807) is 0 Å². The average molecular weight is 1720 g/mol. The average Bonchev–Trinajstić information content (AvgIpc) is 1.55. The Morgan fingerprint density at radius 3 is 0.770 bits per heavy atom. The summed E-state index contributed by atoms with van der Waals surface area (Å²) >= 11 is 0. The zero-order valence-corrected chi connectivity index (χ0v) is 73.0. The quantitative estimate of drug-likeness (QED) is 0.126. The van der Waals surface area contributed by atoms with Gasteiger partial charge in [0.15, 0.2) is 29.1 Å². The van der Waals surface area contributed by atoms with Crippen LogP contribution < -0.4 is 0 Å². The Labute approximate surface area is 775 Å². The largest absolute Gasteiger partial charge is 0.309 e. The van der Waals surface area contributed by atoms with Crippen LogP contribution in [0.3, 0.4) is 0 Å². The van der Waals surface area contributed by atoms with Crippen molar-refractivity contribution < 1.29 is 0 Å². The molecule has 628 valence electrons. The van der Waals surface area contributed by atoms with Gasteiger partial charge in [-0.15, -0.1) is 0 Å². The summed E-state index contributed by atoms with van der Waals surface area (Å²) in [7, 11) is 0. The number of pyridine rings is 1. The topological polar surface area (TPSA) is 105 Å². The second-order valence-electron chi connectivity index (χ2n) is 34.4. The zero-order valence-electron chi connectivity index (χ0n) is 73.0. The highest BCUT2D eigenvalue weighted by Gasteiger charge is 2.28. The standard InChI is InChI=1S/C45H28N4.C41H26N2.C39H24N4/c1-3-14-30(15-4-1)43-46-44(31-16-5-2-6-17-31)48-45(47-43)32-23-26-33(27-24-32)49-39-28-25-29-13-7-8-18-34(29)40(39)41-37-21-11-9-19-35(37)36-20-10-12-22-38(36)42(41)49;1-3-13-27(14-4-1)30-25-36(29-16-5-2-6-17-29)42-38(26-30)43-37-24-23-28-15-7-8-18-31(28)39(37)40-34-21-11-9-19-32(34)33-20-10-12-22-35(33)41(40)43;1-3-14-26(15-4-1)37-40-38(27-16-5-2-6-17-27)42-39(41-37)43-33-24-23-25-13-7-8-18-28(25)34(33)35-31-21-11-9-19-29(31)30-20-10-12-22-32(30)36(35)43/h1-28H;1-26H;1-24H. The number of benzene rings is 22. The van der Waals surface area contributed by atoms with Crippen LogP contribution in [-0.2, 0) is 0 Å². The normalized spacial score (nSPS) is 11.7. The molecule has 0 spiro atoms. The van der Waals surface area contributed by atoms with Crippen molar-refractivity contribution in [1.82, 2.24) is 48.6 Å². The summed E-state index contributed by atoms with van der Waals surface area (Å²) in [5.41, 5.74) is 17.1. The van der Waals surface area contributed by atoms with Gasteiger partial charge >= 0.3 is 0 Å². The lowest BCUT2D eigenvalue weighted by atomic mass is 9.95. The van der Waals surface area contributed by atoms with Gasteiger partial charge in [-0.1, -0.05) is 419 Å². The Morgan fingerprint density at radius 2 is 0.407 bits per heavy atom. The molecule has 0 radical (unpaired) electrons. The van der Waals surface area contributed by atoms with E-state index in [1.807, 2.05) is 97.1 Å². The summed E-state index contributed by atoms with van der Waals surface area (Å²) in [5, 5.41) is 29.8. The lowest BCUT2D eigenvalue weighted by Gasteiger charge is -2.14. The second kappa shape index (κ2) is 32.4. The van der Waals surface area contributed by atoms with Gasteiger partial charge in [0.05, 0.1) is 38.8 Å². The molecular weight excluding hydrogens is 1640 g/mol. The van der Waals surface area contributed by atoms with Crippen molar-refractivity contribution in [3.8, 4) is 96.8 Å². The third-order valence-corrected chi connectivity index (χ3v) is 26.8. The molecule has 0 aliphatic heterocycles. The van der Waals surface area contributed by atoms with Gasteiger partial charge in [0, 0.05) is 87.5 Å². The van der Waals surface area contributed by atoms with Gasteiger partial charge in [-0.25, -0.2) is 24.9 Å². The molecule has 0 unspecified atom stereocenters. The van der Waals surface area contributed by atoms with E-state index in [9.17, 15) is 0 Å². The van der Waals surface area contributed by atoms with Crippen LogP contribution >= 0.6 is 0 Å². The first-order valence-electron chi connectivity index (χ1n) is 45.8. The first-order valence-corrected chi connectivity index (χ1v) is 45.8. The molecule has 0 bridgehead atoms. The summed E-state index contributed by atoms with van der Waals surface area (Å²) in [6.07, 6.45) is 0. The molecule has 10 heteroatoms. The lowest BCUT2D eigenvalue weighted by molar-refractivity contribution is 0.955. The maximum Gasteiger partial charge on any atom is 0.238 e. The molecule has 0 amide bonds. The Hall–Kier alpha value is -18.3. The summed E-state index contributed by atoms with van der Waals surface area (Å²) < 4.78 is 7.10. The molecule has 0 aliphatic carbocycles. The van der Waals surface area contributed by atoms with Crippen LogP contribution in [0, 0.1) is 0 Å². The smallest absolute Gasteiger partial charge is 0.238 e. The maximum atomic E-state index is 5.40. The monoisotopic (exact) mass is 1720 g/mol. The number of nitrogens with zero attached hydrogens (tertiary/aromatic N) is 10. The molecule has 0 saturated carbocycles. The molecule has 22 aromatic carbocycles. The minimum Gasteiger partial charge on any atom is -0.309 e. The van der Waals surface area contributed by atoms with E-state index in [1.165, 1.54) is 151 Å². The van der Waals surface area contributed by atoms with E-state index >= 15 is 0 Å². The van der Waals surface area contributed by atoms with E-state index < -0.39 is 0 Å². The predicted molar refractivity (Wildman–Crippen MR) is 563 cm³/mol. The third-order valence-electron chi connectivity index (χ3n) is 26.8. The van der Waals surface area contributed by atoms with Gasteiger partial charge < -0.3 is 4.57 Å². The minimum atomic E-state index is 0.600. The van der Waals surface area contributed by atoms with Crippen molar-refractivity contribution in [2.75, 3.05) is 0 Å². The molecule has 28 rings (SSSR count). The molecule has 0 N–H and O–H groups in total. The Balaban J connectivity index is 0.000000106. The van der Waals surface area contributed by atoms with E-state index in [-0.39, 0.29) is 0 Å². The summed E-state index contributed by atoms with van der Waals surface area (Å²) in [5.74, 6) is 4.75. The lowest BCUT2D eigenvalue weighted by Crippen LogP contribution is -2.06.